The van der Waals surface area contributed by atoms with Crippen LogP contribution in [-0.4, -0.2) is 40.9 Å². The van der Waals surface area contributed by atoms with Crippen LogP contribution < -0.4 is 10.7 Å². The Bertz CT molecular complexity index is 1160. The summed E-state index contributed by atoms with van der Waals surface area (Å²) in [6.07, 6.45) is 0. The van der Waals surface area contributed by atoms with Gasteiger partial charge in [-0.3, -0.25) is 9.59 Å². The zero-order chi connectivity index (χ0) is 22.5. The third-order valence-corrected chi connectivity index (χ3v) is 6.95. The van der Waals surface area contributed by atoms with Gasteiger partial charge in [0.05, 0.1) is 42.6 Å². The second-order valence-electron chi connectivity index (χ2n) is 6.24. The molecule has 0 saturated carbocycles. The molecule has 0 saturated heterocycles. The van der Waals surface area contributed by atoms with Crippen molar-refractivity contribution in [1.82, 2.24) is 10.7 Å². The van der Waals surface area contributed by atoms with Gasteiger partial charge < -0.3 is 15.5 Å². The van der Waals surface area contributed by atoms with Crippen LogP contribution in [0.15, 0.2) is 40.8 Å². The normalized spacial score (nSPS) is 11.4. The molecule has 11 heteroatoms. The fourth-order valence-corrected chi connectivity index (χ4v) is 4.65. The van der Waals surface area contributed by atoms with Gasteiger partial charge >= 0.3 is 0 Å². The average Bonchev–Trinajstić information content (AvgIpc) is 3.39. The Labute approximate surface area is 195 Å². The van der Waals surface area contributed by atoms with E-state index < -0.39 is 5.91 Å². The summed E-state index contributed by atoms with van der Waals surface area (Å²) in [6.45, 7) is 1.62. The zero-order valence-corrected chi connectivity index (χ0v) is 19.3. The first-order valence-electron chi connectivity index (χ1n) is 8.91. The first-order chi connectivity index (χ1) is 14.8. The molecular formula is C20H17Cl2N3O4S2. The molecule has 0 bridgehead atoms. The molecule has 0 atom stereocenters. The number of hydrogen-bond acceptors (Lipinski definition) is 7. The quantitative estimate of drug-likeness (QED) is 0.287. The Morgan fingerprint density at radius 1 is 1.10 bits per heavy atom. The predicted octanol–water partition coefficient (Wildman–Crippen LogP) is 4.37. The lowest BCUT2D eigenvalue weighted by atomic mass is 10.1. The van der Waals surface area contributed by atoms with Crippen LogP contribution in [-0.2, 0) is 0 Å². The van der Waals surface area contributed by atoms with Crippen LogP contribution in [0.2, 0.25) is 10.0 Å². The van der Waals surface area contributed by atoms with Crippen LogP contribution in [0.4, 0.5) is 0 Å². The van der Waals surface area contributed by atoms with Gasteiger partial charge in [0, 0.05) is 11.9 Å². The second-order valence-corrected chi connectivity index (χ2v) is 9.02. The minimum Gasteiger partial charge on any atom is -0.506 e. The summed E-state index contributed by atoms with van der Waals surface area (Å²) in [5.74, 6) is -0.821. The summed E-state index contributed by atoms with van der Waals surface area (Å²) < 4.78 is 0. The molecule has 0 aliphatic carbocycles. The number of hydrazone groups is 1. The van der Waals surface area contributed by atoms with E-state index in [1.165, 1.54) is 23.5 Å². The Morgan fingerprint density at radius 3 is 2.48 bits per heavy atom. The van der Waals surface area contributed by atoms with Gasteiger partial charge in [-0.2, -0.15) is 5.10 Å². The standard InChI is InChI=1S/C20H17Cl2N3O4S2/c1-10(12-9-30-18(17(12)27)11-2-3-13(21)14(22)8-11)24-25-20(29)16-5-4-15(31-16)19(28)23-6-7-26/h2-5,8-9,26-27H,6-7H2,1H3,(H,23,28)(H,25,29). The number of aromatic hydroxyl groups is 1. The Kier molecular flexibility index (Phi) is 7.69. The lowest BCUT2D eigenvalue weighted by Crippen LogP contribution is -2.25. The highest BCUT2D eigenvalue weighted by Crippen LogP contribution is 2.40. The minimum absolute atomic E-state index is 0.0258. The van der Waals surface area contributed by atoms with Crippen molar-refractivity contribution in [3.63, 3.8) is 0 Å². The third kappa shape index (κ3) is 5.44. The van der Waals surface area contributed by atoms with Crippen LogP contribution >= 0.6 is 45.9 Å². The number of thiophene rings is 2. The van der Waals surface area contributed by atoms with Gasteiger partial charge in [0.25, 0.3) is 11.8 Å². The number of rotatable bonds is 7. The highest BCUT2D eigenvalue weighted by Gasteiger charge is 2.17. The molecule has 0 radical (unpaired) electrons. The van der Waals surface area contributed by atoms with E-state index in [0.717, 1.165) is 11.3 Å². The van der Waals surface area contributed by atoms with Crippen LogP contribution in [0.3, 0.4) is 0 Å². The molecule has 2 heterocycles. The molecule has 1 aromatic carbocycles. The summed E-state index contributed by atoms with van der Waals surface area (Å²) in [4.78, 5) is 25.5. The molecule has 3 aromatic rings. The van der Waals surface area contributed by atoms with E-state index in [1.54, 1.807) is 30.5 Å². The van der Waals surface area contributed by atoms with E-state index in [0.29, 0.717) is 41.5 Å². The maximum absolute atomic E-state index is 12.3. The summed E-state index contributed by atoms with van der Waals surface area (Å²) in [7, 11) is 0. The van der Waals surface area contributed by atoms with Crippen molar-refractivity contribution < 1.29 is 19.8 Å². The molecule has 31 heavy (non-hydrogen) atoms. The maximum atomic E-state index is 12.3. The van der Waals surface area contributed by atoms with Gasteiger partial charge in [0.2, 0.25) is 0 Å². The van der Waals surface area contributed by atoms with Gasteiger partial charge in [0.15, 0.2) is 0 Å². The SMILES string of the molecule is CC(=NNC(=O)c1ccc(C(=O)NCCO)s1)c1csc(-c2ccc(Cl)c(Cl)c2)c1O. The largest absolute Gasteiger partial charge is 0.506 e. The van der Waals surface area contributed by atoms with Crippen molar-refractivity contribution in [3.8, 4) is 16.2 Å². The summed E-state index contributed by atoms with van der Waals surface area (Å²) in [5.41, 5.74) is 4.02. The number of halogens is 2. The molecule has 2 amide bonds. The van der Waals surface area contributed by atoms with E-state index in [2.05, 4.69) is 15.8 Å². The number of carbonyl (C=O) groups is 2. The van der Waals surface area contributed by atoms with Gasteiger partial charge in [-0.15, -0.1) is 22.7 Å². The van der Waals surface area contributed by atoms with Crippen LogP contribution in [0, 0.1) is 0 Å². The topological polar surface area (TPSA) is 111 Å². The fourth-order valence-electron chi connectivity index (χ4n) is 2.54. The average molecular weight is 498 g/mol. The number of aliphatic hydroxyl groups excluding tert-OH is 1. The van der Waals surface area contributed by atoms with Crippen molar-refractivity contribution in [2.75, 3.05) is 13.2 Å². The number of amides is 2. The number of carbonyl (C=O) groups excluding carboxylic acids is 2. The first-order valence-corrected chi connectivity index (χ1v) is 11.4. The molecule has 3 rings (SSSR count). The number of hydrogen-bond donors (Lipinski definition) is 4. The van der Waals surface area contributed by atoms with Crippen molar-refractivity contribution in [2.45, 2.75) is 6.92 Å². The van der Waals surface area contributed by atoms with Crippen LogP contribution in [0.1, 0.15) is 31.8 Å². The molecule has 0 aliphatic heterocycles. The number of aliphatic hydroxyl groups is 1. The highest BCUT2D eigenvalue weighted by atomic mass is 35.5. The van der Waals surface area contributed by atoms with E-state index in [4.69, 9.17) is 28.3 Å². The van der Waals surface area contributed by atoms with Crippen LogP contribution in [0.5, 0.6) is 5.75 Å². The highest BCUT2D eigenvalue weighted by molar-refractivity contribution is 7.16. The summed E-state index contributed by atoms with van der Waals surface area (Å²) in [6, 6.07) is 8.11. The summed E-state index contributed by atoms with van der Waals surface area (Å²) >= 11 is 14.3. The van der Waals surface area contributed by atoms with E-state index in [9.17, 15) is 14.7 Å². The van der Waals surface area contributed by atoms with Crippen molar-refractivity contribution in [1.29, 1.82) is 0 Å². The molecule has 7 nitrogen and oxygen atoms in total. The molecule has 162 valence electrons. The predicted molar refractivity (Wildman–Crippen MR) is 125 cm³/mol. The molecule has 0 aliphatic rings. The molecule has 2 aromatic heterocycles. The van der Waals surface area contributed by atoms with Crippen molar-refractivity contribution in [2.24, 2.45) is 5.10 Å². The molecular weight excluding hydrogens is 481 g/mol. The Balaban J connectivity index is 1.72. The molecule has 0 spiro atoms. The minimum atomic E-state index is -0.481. The third-order valence-electron chi connectivity index (χ3n) is 4.11. The fraction of sp³-hybridized carbons (Fsp3) is 0.150. The van der Waals surface area contributed by atoms with E-state index in [-0.39, 0.29) is 24.8 Å². The van der Waals surface area contributed by atoms with Gasteiger partial charge in [-0.25, -0.2) is 5.43 Å². The Hall–Kier alpha value is -2.43. The zero-order valence-electron chi connectivity index (χ0n) is 16.1. The first kappa shape index (κ1) is 23.2. The van der Waals surface area contributed by atoms with Gasteiger partial charge in [0.1, 0.15) is 5.75 Å². The van der Waals surface area contributed by atoms with Crippen molar-refractivity contribution >= 4 is 63.4 Å². The van der Waals surface area contributed by atoms with E-state index >= 15 is 0 Å². The number of benzene rings is 1. The lowest BCUT2D eigenvalue weighted by molar-refractivity contribution is 0.0946. The smallest absolute Gasteiger partial charge is 0.281 e. The van der Waals surface area contributed by atoms with Gasteiger partial charge in [-0.1, -0.05) is 29.3 Å². The second kappa shape index (κ2) is 10.3. The molecule has 4 N–H and O–H groups in total. The number of nitrogens with one attached hydrogen (secondary N) is 2. The summed E-state index contributed by atoms with van der Waals surface area (Å²) in [5, 5.41) is 28.5. The van der Waals surface area contributed by atoms with Gasteiger partial charge in [-0.05, 0) is 36.8 Å². The molecule has 0 fully saturated rings. The van der Waals surface area contributed by atoms with Crippen molar-refractivity contribution in [3.05, 3.63) is 61.1 Å². The Morgan fingerprint density at radius 2 is 1.81 bits per heavy atom. The maximum Gasteiger partial charge on any atom is 0.281 e. The van der Waals surface area contributed by atoms with E-state index in [1.807, 2.05) is 0 Å². The van der Waals surface area contributed by atoms with Crippen LogP contribution in [0.25, 0.3) is 10.4 Å². The lowest BCUT2D eigenvalue weighted by Gasteiger charge is -2.04. The molecule has 0 unspecified atom stereocenters. The number of nitrogens with zero attached hydrogens (tertiary/aromatic N) is 1. The monoisotopic (exact) mass is 497 g/mol.